The van der Waals surface area contributed by atoms with E-state index in [1.54, 1.807) is 6.07 Å². The molecule has 0 heterocycles. The van der Waals surface area contributed by atoms with Gasteiger partial charge in [-0.15, -0.1) is 0 Å². The van der Waals surface area contributed by atoms with Gasteiger partial charge in [-0.1, -0.05) is 18.2 Å². The average Bonchev–Trinajstić information content (AvgIpc) is 2.73. The van der Waals surface area contributed by atoms with Crippen LogP contribution in [0.2, 0.25) is 0 Å². The van der Waals surface area contributed by atoms with Gasteiger partial charge < -0.3 is 24.8 Å². The summed E-state index contributed by atoms with van der Waals surface area (Å²) in [6, 6.07) is 10.3. The van der Waals surface area contributed by atoms with Crippen LogP contribution in [0.25, 0.3) is 0 Å². The number of hydrogen-bond acceptors (Lipinski definition) is 6. The minimum absolute atomic E-state index is 0.218. The lowest BCUT2D eigenvalue weighted by Crippen LogP contribution is -2.35. The quantitative estimate of drug-likeness (QED) is 0.612. The van der Waals surface area contributed by atoms with Crippen LogP contribution in [0.5, 0.6) is 11.5 Å². The largest absolute Gasteiger partial charge is 0.493 e. The normalized spacial score (nSPS) is 10.1. The van der Waals surface area contributed by atoms with Gasteiger partial charge in [0.05, 0.1) is 25.8 Å². The maximum absolute atomic E-state index is 12.2. The van der Waals surface area contributed by atoms with Crippen LogP contribution in [0.1, 0.15) is 28.4 Å². The van der Waals surface area contributed by atoms with Gasteiger partial charge in [-0.05, 0) is 50.1 Å². The van der Waals surface area contributed by atoms with Gasteiger partial charge in [0, 0.05) is 5.69 Å². The molecule has 2 amide bonds. The zero-order chi connectivity index (χ0) is 22.1. The molecule has 0 unspecified atom stereocenters. The van der Waals surface area contributed by atoms with E-state index in [9.17, 15) is 14.4 Å². The van der Waals surface area contributed by atoms with Crippen molar-refractivity contribution in [2.75, 3.05) is 32.2 Å². The van der Waals surface area contributed by atoms with Crippen LogP contribution < -0.4 is 20.1 Å². The molecular weight excluding hydrogens is 388 g/mol. The Balaban J connectivity index is 1.83. The van der Waals surface area contributed by atoms with Gasteiger partial charge in [-0.2, -0.15) is 0 Å². The number of esters is 1. The van der Waals surface area contributed by atoms with Crippen LogP contribution in [-0.4, -0.2) is 44.7 Å². The minimum atomic E-state index is -0.688. The highest BCUT2D eigenvalue weighted by atomic mass is 16.5. The minimum Gasteiger partial charge on any atom is -0.493 e. The zero-order valence-corrected chi connectivity index (χ0v) is 17.5. The van der Waals surface area contributed by atoms with Crippen LogP contribution >= 0.6 is 0 Å². The molecule has 0 aromatic heterocycles. The third kappa shape index (κ3) is 6.23. The lowest BCUT2D eigenvalue weighted by atomic mass is 10.1. The number of methoxy groups -OCH3 is 1. The van der Waals surface area contributed by atoms with E-state index in [1.165, 1.54) is 19.2 Å². The summed E-state index contributed by atoms with van der Waals surface area (Å²) in [6.07, 6.45) is 0. The van der Waals surface area contributed by atoms with Crippen LogP contribution in [0.4, 0.5) is 5.69 Å². The first kappa shape index (κ1) is 22.7. The number of carbonyl (C=O) groups excluding carboxylic acids is 3. The summed E-state index contributed by atoms with van der Waals surface area (Å²) in [5.74, 6) is -0.754. The summed E-state index contributed by atoms with van der Waals surface area (Å²) in [5.41, 5.74) is 2.78. The summed E-state index contributed by atoms with van der Waals surface area (Å²) < 4.78 is 15.6. The van der Waals surface area contributed by atoms with Gasteiger partial charge >= 0.3 is 5.97 Å². The highest BCUT2D eigenvalue weighted by Gasteiger charge is 2.15. The number of hydrogen-bond donors (Lipinski definition) is 2. The fraction of sp³-hybridized carbons (Fsp3) is 0.318. The highest BCUT2D eigenvalue weighted by Crippen LogP contribution is 2.28. The molecule has 0 aliphatic rings. The Morgan fingerprint density at radius 2 is 1.67 bits per heavy atom. The number of benzene rings is 2. The molecule has 8 heteroatoms. The highest BCUT2D eigenvalue weighted by molar-refractivity contribution is 5.96. The zero-order valence-electron chi connectivity index (χ0n) is 17.5. The summed E-state index contributed by atoms with van der Waals surface area (Å²) >= 11 is 0. The molecule has 2 aromatic rings. The first-order valence-corrected chi connectivity index (χ1v) is 9.46. The SMILES string of the molecule is CCOc1ccc(C(=O)OCC(=O)NCC(=O)Nc2c(C)cccc2C)cc1OC. The molecule has 2 rings (SSSR count). The molecule has 0 saturated heterocycles. The Kier molecular flexibility index (Phi) is 8.22. The molecule has 0 spiro atoms. The third-order valence-corrected chi connectivity index (χ3v) is 4.23. The molecule has 2 N–H and O–H groups in total. The lowest BCUT2D eigenvalue weighted by molar-refractivity contribution is -0.126. The summed E-state index contributed by atoms with van der Waals surface area (Å²) in [6.45, 7) is 5.32. The Labute approximate surface area is 175 Å². The van der Waals surface area contributed by atoms with Crippen LogP contribution in [0.3, 0.4) is 0 Å². The van der Waals surface area contributed by atoms with Crippen molar-refractivity contribution in [2.24, 2.45) is 0 Å². The van der Waals surface area contributed by atoms with Crippen LogP contribution in [0.15, 0.2) is 36.4 Å². The van der Waals surface area contributed by atoms with Gasteiger partial charge in [0.1, 0.15) is 0 Å². The van der Waals surface area contributed by atoms with E-state index in [1.807, 2.05) is 39.0 Å². The molecule has 0 bridgehead atoms. The summed E-state index contributed by atoms with van der Waals surface area (Å²) in [5, 5.41) is 5.19. The molecular formula is C22H26N2O6. The fourth-order valence-electron chi connectivity index (χ4n) is 2.71. The van der Waals surface area contributed by atoms with E-state index < -0.39 is 18.5 Å². The molecule has 0 aliphatic carbocycles. The van der Waals surface area contributed by atoms with Crippen LogP contribution in [-0.2, 0) is 14.3 Å². The van der Waals surface area contributed by atoms with Crippen molar-refractivity contribution in [1.29, 1.82) is 0 Å². The fourth-order valence-corrected chi connectivity index (χ4v) is 2.71. The predicted molar refractivity (Wildman–Crippen MR) is 112 cm³/mol. The number of amides is 2. The predicted octanol–water partition coefficient (Wildman–Crippen LogP) is 2.62. The Morgan fingerprint density at radius 1 is 0.967 bits per heavy atom. The third-order valence-electron chi connectivity index (χ3n) is 4.23. The molecule has 160 valence electrons. The smallest absolute Gasteiger partial charge is 0.338 e. The number of anilines is 1. The van der Waals surface area contributed by atoms with Gasteiger partial charge in [0.2, 0.25) is 5.91 Å². The monoisotopic (exact) mass is 414 g/mol. The van der Waals surface area contributed by atoms with E-state index in [0.29, 0.717) is 23.8 Å². The van der Waals surface area contributed by atoms with Gasteiger partial charge in [0.25, 0.3) is 5.91 Å². The van der Waals surface area contributed by atoms with Gasteiger partial charge in [0.15, 0.2) is 18.1 Å². The maximum Gasteiger partial charge on any atom is 0.338 e. The number of aryl methyl sites for hydroxylation is 2. The summed E-state index contributed by atoms with van der Waals surface area (Å²) in [7, 11) is 1.46. The van der Waals surface area contributed by atoms with E-state index in [2.05, 4.69) is 10.6 Å². The second-order valence-electron chi connectivity index (χ2n) is 6.47. The molecule has 0 fully saturated rings. The standard InChI is InChI=1S/C22H26N2O6/c1-5-29-17-10-9-16(11-18(17)28-4)22(27)30-13-20(26)23-12-19(25)24-21-14(2)7-6-8-15(21)3/h6-11H,5,12-13H2,1-4H3,(H,23,26)(H,24,25). The molecule has 30 heavy (non-hydrogen) atoms. The van der Waals surface area contributed by atoms with Gasteiger partial charge in [-0.3, -0.25) is 9.59 Å². The molecule has 0 aliphatic heterocycles. The number of para-hydroxylation sites is 1. The lowest BCUT2D eigenvalue weighted by Gasteiger charge is -2.12. The van der Waals surface area contributed by atoms with E-state index in [4.69, 9.17) is 14.2 Å². The van der Waals surface area contributed by atoms with E-state index >= 15 is 0 Å². The average molecular weight is 414 g/mol. The first-order valence-electron chi connectivity index (χ1n) is 9.46. The summed E-state index contributed by atoms with van der Waals surface area (Å²) in [4.78, 5) is 36.2. The first-order chi connectivity index (χ1) is 14.3. The van der Waals surface area contributed by atoms with Crippen molar-refractivity contribution >= 4 is 23.5 Å². The van der Waals surface area contributed by atoms with Crippen molar-refractivity contribution in [3.8, 4) is 11.5 Å². The van der Waals surface area contributed by atoms with Crippen molar-refractivity contribution in [2.45, 2.75) is 20.8 Å². The maximum atomic E-state index is 12.2. The Hall–Kier alpha value is -3.55. The number of nitrogens with one attached hydrogen (secondary N) is 2. The second-order valence-corrected chi connectivity index (χ2v) is 6.47. The molecule has 0 saturated carbocycles. The molecule has 2 aromatic carbocycles. The Bertz CT molecular complexity index is 906. The molecule has 0 radical (unpaired) electrons. The van der Waals surface area contributed by atoms with E-state index in [-0.39, 0.29) is 18.0 Å². The number of ether oxygens (including phenoxy) is 3. The van der Waals surface area contributed by atoms with Crippen molar-refractivity contribution in [3.05, 3.63) is 53.1 Å². The van der Waals surface area contributed by atoms with Crippen molar-refractivity contribution in [3.63, 3.8) is 0 Å². The number of carbonyl (C=O) groups is 3. The Morgan fingerprint density at radius 3 is 2.30 bits per heavy atom. The van der Waals surface area contributed by atoms with Gasteiger partial charge in [-0.25, -0.2) is 4.79 Å². The van der Waals surface area contributed by atoms with Crippen molar-refractivity contribution < 1.29 is 28.6 Å². The number of rotatable bonds is 9. The van der Waals surface area contributed by atoms with Crippen molar-refractivity contribution in [1.82, 2.24) is 5.32 Å². The topological polar surface area (TPSA) is 103 Å². The molecule has 0 atom stereocenters. The van der Waals surface area contributed by atoms with E-state index in [0.717, 1.165) is 11.1 Å². The van der Waals surface area contributed by atoms with Crippen LogP contribution in [0, 0.1) is 13.8 Å². The second kappa shape index (κ2) is 10.8. The molecule has 8 nitrogen and oxygen atoms in total.